The lowest BCUT2D eigenvalue weighted by Crippen LogP contribution is -2.35. The third-order valence-corrected chi connectivity index (χ3v) is 6.69. The SMILES string of the molecule is CCC(C)C(=O)OCC(=O)Nc1cc(S(=O)(=O)N2CCCCC2)ccc1C. The molecule has 0 bridgehead atoms. The van der Waals surface area contributed by atoms with Gasteiger partial charge in [0.05, 0.1) is 10.8 Å². The van der Waals surface area contributed by atoms with Crippen molar-refractivity contribution in [3.63, 3.8) is 0 Å². The van der Waals surface area contributed by atoms with Crippen molar-refractivity contribution < 1.29 is 22.7 Å². The molecular formula is C19H28N2O5S. The molecule has 150 valence electrons. The van der Waals surface area contributed by atoms with Crippen LogP contribution < -0.4 is 5.32 Å². The van der Waals surface area contributed by atoms with Crippen LogP contribution in [0.5, 0.6) is 0 Å². The zero-order valence-corrected chi connectivity index (χ0v) is 17.0. The smallest absolute Gasteiger partial charge is 0.309 e. The molecule has 1 saturated heterocycles. The number of sulfonamides is 1. The zero-order chi connectivity index (χ0) is 20.0. The number of esters is 1. The summed E-state index contributed by atoms with van der Waals surface area (Å²) in [4.78, 5) is 23.9. The van der Waals surface area contributed by atoms with Gasteiger partial charge in [0, 0.05) is 18.8 Å². The zero-order valence-electron chi connectivity index (χ0n) is 16.2. The first-order chi connectivity index (χ1) is 12.8. The molecule has 0 radical (unpaired) electrons. The summed E-state index contributed by atoms with van der Waals surface area (Å²) in [6, 6.07) is 4.68. The molecule has 1 aliphatic rings. The van der Waals surface area contributed by atoms with Crippen molar-refractivity contribution in [3.8, 4) is 0 Å². The van der Waals surface area contributed by atoms with Gasteiger partial charge < -0.3 is 10.1 Å². The van der Waals surface area contributed by atoms with Crippen LogP contribution in [0.3, 0.4) is 0 Å². The number of rotatable bonds is 7. The van der Waals surface area contributed by atoms with Gasteiger partial charge in [-0.05, 0) is 43.9 Å². The molecule has 1 N–H and O–H groups in total. The van der Waals surface area contributed by atoms with Gasteiger partial charge in [-0.25, -0.2) is 8.42 Å². The number of anilines is 1. The Hall–Kier alpha value is -1.93. The van der Waals surface area contributed by atoms with E-state index in [9.17, 15) is 18.0 Å². The minimum absolute atomic E-state index is 0.155. The van der Waals surface area contributed by atoms with E-state index in [-0.39, 0.29) is 10.8 Å². The highest BCUT2D eigenvalue weighted by Gasteiger charge is 2.26. The summed E-state index contributed by atoms with van der Waals surface area (Å²) >= 11 is 0. The topological polar surface area (TPSA) is 92.8 Å². The van der Waals surface area contributed by atoms with E-state index in [0.717, 1.165) is 24.8 Å². The molecular weight excluding hydrogens is 368 g/mol. The van der Waals surface area contributed by atoms with Gasteiger partial charge in [-0.1, -0.05) is 26.3 Å². The van der Waals surface area contributed by atoms with Gasteiger partial charge in [-0.15, -0.1) is 0 Å². The highest BCUT2D eigenvalue weighted by atomic mass is 32.2. The van der Waals surface area contributed by atoms with Crippen molar-refractivity contribution in [2.75, 3.05) is 25.0 Å². The number of nitrogens with one attached hydrogen (secondary N) is 1. The largest absolute Gasteiger partial charge is 0.455 e. The van der Waals surface area contributed by atoms with Crippen LogP contribution in [0.1, 0.15) is 45.1 Å². The summed E-state index contributed by atoms with van der Waals surface area (Å²) in [5, 5.41) is 2.64. The molecule has 1 fully saturated rings. The molecule has 1 aliphatic heterocycles. The lowest BCUT2D eigenvalue weighted by Gasteiger charge is -2.26. The number of carbonyl (C=O) groups excluding carboxylic acids is 2. The van der Waals surface area contributed by atoms with E-state index >= 15 is 0 Å². The van der Waals surface area contributed by atoms with Crippen molar-refractivity contribution in [2.45, 2.75) is 51.3 Å². The molecule has 0 aliphatic carbocycles. The molecule has 27 heavy (non-hydrogen) atoms. The second-order valence-corrected chi connectivity index (χ2v) is 8.84. The highest BCUT2D eigenvalue weighted by Crippen LogP contribution is 2.25. The summed E-state index contributed by atoms with van der Waals surface area (Å²) in [6.07, 6.45) is 3.39. The number of amides is 1. The summed E-state index contributed by atoms with van der Waals surface area (Å²) in [5.41, 5.74) is 1.13. The van der Waals surface area contributed by atoms with Crippen LogP contribution in [0.25, 0.3) is 0 Å². The highest BCUT2D eigenvalue weighted by molar-refractivity contribution is 7.89. The van der Waals surface area contributed by atoms with Crippen LogP contribution in [0.15, 0.2) is 23.1 Å². The molecule has 1 atom stereocenters. The number of ether oxygens (including phenoxy) is 1. The fourth-order valence-electron chi connectivity index (χ4n) is 2.78. The monoisotopic (exact) mass is 396 g/mol. The number of benzene rings is 1. The Bertz CT molecular complexity index is 785. The van der Waals surface area contributed by atoms with E-state index in [0.29, 0.717) is 25.2 Å². The van der Waals surface area contributed by atoms with Gasteiger partial charge in [-0.2, -0.15) is 4.31 Å². The molecule has 0 saturated carbocycles. The maximum absolute atomic E-state index is 12.8. The summed E-state index contributed by atoms with van der Waals surface area (Å²) in [5.74, 6) is -1.19. The Morgan fingerprint density at radius 2 is 1.89 bits per heavy atom. The number of aryl methyl sites for hydroxylation is 1. The Kier molecular flexibility index (Phi) is 7.38. The average Bonchev–Trinajstić information content (AvgIpc) is 2.67. The number of nitrogens with zero attached hydrogens (tertiary/aromatic N) is 1. The minimum Gasteiger partial charge on any atom is -0.455 e. The number of piperidine rings is 1. The fraction of sp³-hybridized carbons (Fsp3) is 0.579. The van der Waals surface area contributed by atoms with Crippen LogP contribution in [-0.2, 0) is 24.3 Å². The Labute approximate surface area is 161 Å². The fourth-order valence-corrected chi connectivity index (χ4v) is 4.33. The Balaban J connectivity index is 2.08. The molecule has 1 unspecified atom stereocenters. The van der Waals surface area contributed by atoms with Crippen LogP contribution >= 0.6 is 0 Å². The molecule has 2 rings (SSSR count). The van der Waals surface area contributed by atoms with Crippen LogP contribution in [-0.4, -0.2) is 44.3 Å². The van der Waals surface area contributed by atoms with Gasteiger partial charge in [0.15, 0.2) is 6.61 Å². The van der Waals surface area contributed by atoms with Crippen molar-refractivity contribution in [1.29, 1.82) is 0 Å². The third kappa shape index (κ3) is 5.52. The quantitative estimate of drug-likeness (QED) is 0.716. The predicted molar refractivity (Wildman–Crippen MR) is 103 cm³/mol. The first-order valence-corrected chi connectivity index (χ1v) is 10.8. The maximum Gasteiger partial charge on any atom is 0.309 e. The van der Waals surface area contributed by atoms with E-state index in [1.165, 1.54) is 10.4 Å². The van der Waals surface area contributed by atoms with Gasteiger partial charge in [0.1, 0.15) is 0 Å². The van der Waals surface area contributed by atoms with Gasteiger partial charge in [0.25, 0.3) is 5.91 Å². The van der Waals surface area contributed by atoms with Crippen molar-refractivity contribution in [2.24, 2.45) is 5.92 Å². The van der Waals surface area contributed by atoms with E-state index in [4.69, 9.17) is 4.74 Å². The van der Waals surface area contributed by atoms with E-state index in [2.05, 4.69) is 5.32 Å². The molecule has 0 aromatic heterocycles. The van der Waals surface area contributed by atoms with Crippen LogP contribution in [0, 0.1) is 12.8 Å². The molecule has 0 spiro atoms. The van der Waals surface area contributed by atoms with Crippen molar-refractivity contribution in [3.05, 3.63) is 23.8 Å². The molecule has 7 nitrogen and oxygen atoms in total. The second-order valence-electron chi connectivity index (χ2n) is 6.91. The Morgan fingerprint density at radius 1 is 1.22 bits per heavy atom. The third-order valence-electron chi connectivity index (χ3n) is 4.80. The van der Waals surface area contributed by atoms with Crippen LogP contribution in [0.2, 0.25) is 0 Å². The lowest BCUT2D eigenvalue weighted by atomic mass is 10.1. The van der Waals surface area contributed by atoms with Crippen LogP contribution in [0.4, 0.5) is 5.69 Å². The summed E-state index contributed by atoms with van der Waals surface area (Å²) in [7, 11) is -3.58. The standard InChI is InChI=1S/C19H28N2O5S/c1-4-14(2)19(23)26-13-18(22)20-17-12-16(9-8-15(17)3)27(24,25)21-10-6-5-7-11-21/h8-9,12,14H,4-7,10-11,13H2,1-3H3,(H,20,22). The molecule has 1 amide bonds. The lowest BCUT2D eigenvalue weighted by molar-refractivity contribution is -0.151. The van der Waals surface area contributed by atoms with Crippen molar-refractivity contribution in [1.82, 2.24) is 4.31 Å². The number of hydrogen-bond donors (Lipinski definition) is 1. The van der Waals surface area contributed by atoms with Gasteiger partial charge in [0.2, 0.25) is 10.0 Å². The molecule has 1 aromatic rings. The molecule has 1 aromatic carbocycles. The molecule has 8 heteroatoms. The van der Waals surface area contributed by atoms with Gasteiger partial charge >= 0.3 is 5.97 Å². The first kappa shape index (κ1) is 21.4. The van der Waals surface area contributed by atoms with E-state index in [1.807, 2.05) is 6.92 Å². The van der Waals surface area contributed by atoms with E-state index < -0.39 is 28.5 Å². The van der Waals surface area contributed by atoms with Gasteiger partial charge in [-0.3, -0.25) is 9.59 Å². The number of carbonyl (C=O) groups is 2. The number of hydrogen-bond acceptors (Lipinski definition) is 5. The molecule has 1 heterocycles. The maximum atomic E-state index is 12.8. The summed E-state index contributed by atoms with van der Waals surface area (Å²) in [6.45, 7) is 6.01. The van der Waals surface area contributed by atoms with E-state index in [1.54, 1.807) is 26.0 Å². The predicted octanol–water partition coefficient (Wildman–Crippen LogP) is 2.70. The van der Waals surface area contributed by atoms with Crippen molar-refractivity contribution >= 4 is 27.6 Å². The first-order valence-electron chi connectivity index (χ1n) is 9.33. The second kappa shape index (κ2) is 9.32. The Morgan fingerprint density at radius 3 is 2.52 bits per heavy atom. The summed E-state index contributed by atoms with van der Waals surface area (Å²) < 4.78 is 32.1. The normalized spacial score (nSPS) is 16.6. The minimum atomic E-state index is -3.58. The average molecular weight is 397 g/mol.